The lowest BCUT2D eigenvalue weighted by atomic mass is 10.1. The van der Waals surface area contributed by atoms with E-state index in [0.29, 0.717) is 12.8 Å². The van der Waals surface area contributed by atoms with Crippen LogP contribution in [0.4, 0.5) is 0 Å². The topological polar surface area (TPSA) is 20.2 Å². The molecule has 0 radical (unpaired) electrons. The normalized spacial score (nSPS) is 13.0. The van der Waals surface area contributed by atoms with Crippen LogP contribution in [0.5, 0.6) is 0 Å². The van der Waals surface area contributed by atoms with Gasteiger partial charge in [0.2, 0.25) is 0 Å². The Bertz CT molecular complexity index is 227. The predicted octanol–water partition coefficient (Wildman–Crippen LogP) is 2.58. The van der Waals surface area contributed by atoms with E-state index in [1.54, 1.807) is 0 Å². The molecule has 0 saturated heterocycles. The third-order valence-electron chi connectivity index (χ3n) is 1.39. The van der Waals surface area contributed by atoms with Crippen LogP contribution in [0.1, 0.15) is 19.8 Å². The molecule has 0 rings (SSSR count). The zero-order valence-corrected chi connectivity index (χ0v) is 10.1. The van der Waals surface area contributed by atoms with E-state index in [2.05, 4.69) is 37.7 Å². The molecule has 13 heavy (non-hydrogen) atoms. The fraction of sp³-hybridized carbons (Fsp3) is 0.636. The Hall–Kier alpha value is -0.523. The Kier molecular flexibility index (Phi) is 5.05. The molecule has 0 bridgehead atoms. The first kappa shape index (κ1) is 12.5. The minimum absolute atomic E-state index is 0.332. The molecule has 1 N–H and O–H groups in total. The molecular weight excluding hydrogens is 176 g/mol. The van der Waals surface area contributed by atoms with Gasteiger partial charge in [-0.2, -0.15) is 0 Å². The second-order valence-electron chi connectivity index (χ2n) is 4.57. The predicted molar refractivity (Wildman–Crippen MR) is 61.2 cm³/mol. The molecule has 0 aliphatic rings. The molecule has 2 heteroatoms. The van der Waals surface area contributed by atoms with Crippen molar-refractivity contribution in [1.29, 1.82) is 0 Å². The SMILES string of the molecule is C=C(C)C[C@H](O)CC#C[Si](C)(C)C. The van der Waals surface area contributed by atoms with Crippen LogP contribution in [-0.2, 0) is 0 Å². The third kappa shape index (κ3) is 9.39. The molecule has 0 aromatic rings. The van der Waals surface area contributed by atoms with E-state index in [1.807, 2.05) is 6.92 Å². The largest absolute Gasteiger partial charge is 0.392 e. The van der Waals surface area contributed by atoms with E-state index in [4.69, 9.17) is 0 Å². The van der Waals surface area contributed by atoms with Gasteiger partial charge in [-0.25, -0.2) is 0 Å². The van der Waals surface area contributed by atoms with Crippen LogP contribution in [0.2, 0.25) is 19.6 Å². The highest BCUT2D eigenvalue weighted by atomic mass is 28.3. The van der Waals surface area contributed by atoms with Crippen LogP contribution in [0.25, 0.3) is 0 Å². The summed E-state index contributed by atoms with van der Waals surface area (Å²) in [6.07, 6.45) is 0.915. The third-order valence-corrected chi connectivity index (χ3v) is 2.31. The molecule has 0 aliphatic heterocycles. The Balaban J connectivity index is 3.86. The first-order valence-electron chi connectivity index (χ1n) is 4.64. The van der Waals surface area contributed by atoms with E-state index in [1.165, 1.54) is 0 Å². The minimum atomic E-state index is -1.26. The zero-order chi connectivity index (χ0) is 10.5. The number of hydrogen-bond donors (Lipinski definition) is 1. The highest BCUT2D eigenvalue weighted by molar-refractivity contribution is 6.83. The van der Waals surface area contributed by atoms with Gasteiger partial charge in [-0.1, -0.05) is 25.2 Å². The maximum atomic E-state index is 9.47. The lowest BCUT2D eigenvalue weighted by Gasteiger charge is -2.07. The van der Waals surface area contributed by atoms with Crippen LogP contribution in [0.3, 0.4) is 0 Å². The van der Waals surface area contributed by atoms with Gasteiger partial charge in [0.25, 0.3) is 0 Å². The molecule has 1 atom stereocenters. The van der Waals surface area contributed by atoms with E-state index >= 15 is 0 Å². The first-order chi connectivity index (χ1) is 5.81. The summed E-state index contributed by atoms with van der Waals surface area (Å²) in [5.74, 6) is 3.05. The van der Waals surface area contributed by atoms with Gasteiger partial charge in [0, 0.05) is 6.42 Å². The van der Waals surface area contributed by atoms with E-state index < -0.39 is 8.07 Å². The van der Waals surface area contributed by atoms with Crippen molar-refractivity contribution < 1.29 is 5.11 Å². The molecule has 0 amide bonds. The van der Waals surface area contributed by atoms with Crippen molar-refractivity contribution in [3.05, 3.63) is 12.2 Å². The summed E-state index contributed by atoms with van der Waals surface area (Å²) in [6, 6.07) is 0. The monoisotopic (exact) mass is 196 g/mol. The maximum absolute atomic E-state index is 9.47. The molecule has 0 aromatic carbocycles. The van der Waals surface area contributed by atoms with Crippen molar-refractivity contribution in [3.63, 3.8) is 0 Å². The van der Waals surface area contributed by atoms with Gasteiger partial charge >= 0.3 is 0 Å². The van der Waals surface area contributed by atoms with Crippen molar-refractivity contribution in [3.8, 4) is 11.5 Å². The zero-order valence-electron chi connectivity index (χ0n) is 9.15. The summed E-state index contributed by atoms with van der Waals surface area (Å²) in [7, 11) is -1.26. The van der Waals surface area contributed by atoms with Gasteiger partial charge in [-0.05, 0) is 13.3 Å². The van der Waals surface area contributed by atoms with Crippen molar-refractivity contribution in [1.82, 2.24) is 0 Å². The van der Waals surface area contributed by atoms with Gasteiger partial charge in [-0.15, -0.1) is 18.0 Å². The Morgan fingerprint density at radius 3 is 2.38 bits per heavy atom. The summed E-state index contributed by atoms with van der Waals surface area (Å²) >= 11 is 0. The smallest absolute Gasteiger partial charge is 0.129 e. The molecule has 1 nitrogen and oxygen atoms in total. The Morgan fingerprint density at radius 2 is 2.00 bits per heavy atom. The number of aliphatic hydroxyl groups is 1. The van der Waals surface area contributed by atoms with E-state index in [9.17, 15) is 5.11 Å². The van der Waals surface area contributed by atoms with Gasteiger partial charge < -0.3 is 5.11 Å². The minimum Gasteiger partial charge on any atom is -0.392 e. The second-order valence-corrected chi connectivity index (χ2v) is 9.32. The van der Waals surface area contributed by atoms with E-state index in [-0.39, 0.29) is 6.10 Å². The quantitative estimate of drug-likeness (QED) is 0.418. The van der Waals surface area contributed by atoms with Gasteiger partial charge in [0.15, 0.2) is 0 Å². The lowest BCUT2D eigenvalue weighted by molar-refractivity contribution is 0.181. The van der Waals surface area contributed by atoms with Crippen molar-refractivity contribution in [2.45, 2.75) is 45.5 Å². The lowest BCUT2D eigenvalue weighted by Crippen LogP contribution is -2.16. The molecule has 0 spiro atoms. The molecule has 0 heterocycles. The summed E-state index contributed by atoms with van der Waals surface area (Å²) in [5, 5.41) is 9.47. The second kappa shape index (κ2) is 5.26. The molecule has 0 unspecified atom stereocenters. The fourth-order valence-electron chi connectivity index (χ4n) is 0.908. The summed E-state index contributed by atoms with van der Waals surface area (Å²) in [5.41, 5.74) is 4.24. The van der Waals surface area contributed by atoms with Gasteiger partial charge in [-0.3, -0.25) is 0 Å². The van der Waals surface area contributed by atoms with Crippen LogP contribution in [-0.4, -0.2) is 19.3 Å². The maximum Gasteiger partial charge on any atom is 0.129 e. The number of hydrogen-bond acceptors (Lipinski definition) is 1. The van der Waals surface area contributed by atoms with Crippen molar-refractivity contribution in [2.24, 2.45) is 0 Å². The van der Waals surface area contributed by atoms with Gasteiger partial charge in [0.1, 0.15) is 8.07 Å². The van der Waals surface area contributed by atoms with Crippen LogP contribution >= 0.6 is 0 Å². The molecular formula is C11H20OSi. The van der Waals surface area contributed by atoms with Crippen molar-refractivity contribution >= 4 is 8.07 Å². The Morgan fingerprint density at radius 1 is 1.46 bits per heavy atom. The van der Waals surface area contributed by atoms with E-state index in [0.717, 1.165) is 5.57 Å². The average molecular weight is 196 g/mol. The van der Waals surface area contributed by atoms with Crippen LogP contribution in [0.15, 0.2) is 12.2 Å². The number of rotatable bonds is 3. The average Bonchev–Trinajstić information content (AvgIpc) is 1.81. The molecule has 74 valence electrons. The Labute approximate surface area is 82.9 Å². The summed E-state index contributed by atoms with van der Waals surface area (Å²) < 4.78 is 0. The number of aliphatic hydroxyl groups excluding tert-OH is 1. The van der Waals surface area contributed by atoms with Crippen LogP contribution < -0.4 is 0 Å². The van der Waals surface area contributed by atoms with Gasteiger partial charge in [0.05, 0.1) is 6.10 Å². The molecule has 0 aliphatic carbocycles. The first-order valence-corrected chi connectivity index (χ1v) is 8.14. The summed E-state index contributed by atoms with van der Waals surface area (Å²) in [4.78, 5) is 0. The van der Waals surface area contributed by atoms with Crippen LogP contribution in [0, 0.1) is 11.5 Å². The fourth-order valence-corrected chi connectivity index (χ4v) is 1.54. The highest BCUT2D eigenvalue weighted by Gasteiger charge is 2.08. The standard InChI is InChI=1S/C11H20OSi/c1-10(2)9-11(12)7-6-8-13(3,4)5/h11-12H,1,7,9H2,2-5H3/t11-/m1/s1. The highest BCUT2D eigenvalue weighted by Crippen LogP contribution is 2.05. The molecule has 0 aromatic heterocycles. The molecule has 0 fully saturated rings. The van der Waals surface area contributed by atoms with Crippen molar-refractivity contribution in [2.75, 3.05) is 0 Å². The molecule has 0 saturated carbocycles. The summed E-state index contributed by atoms with van der Waals surface area (Å²) in [6.45, 7) is 12.3.